The van der Waals surface area contributed by atoms with Crippen LogP contribution in [0.5, 0.6) is 0 Å². The Kier molecular flexibility index (Phi) is 4.39. The Morgan fingerprint density at radius 3 is 2.88 bits per heavy atom. The molecular formula is C9H13FN2O4. The van der Waals surface area contributed by atoms with Gasteiger partial charge in [0.1, 0.15) is 6.23 Å². The predicted molar refractivity (Wildman–Crippen MR) is 51.5 cm³/mol. The molecule has 7 heteroatoms. The zero-order chi connectivity index (χ0) is 12.1. The Bertz CT molecular complexity index is 308. The number of rotatable bonds is 4. The number of amides is 2. The molecule has 1 aliphatic rings. The lowest BCUT2D eigenvalue weighted by molar-refractivity contribution is -0.123. The topological polar surface area (TPSA) is 78.9 Å². The van der Waals surface area contributed by atoms with E-state index in [1.807, 2.05) is 0 Å². The van der Waals surface area contributed by atoms with Crippen molar-refractivity contribution in [1.82, 2.24) is 10.2 Å². The van der Waals surface area contributed by atoms with Crippen molar-refractivity contribution < 1.29 is 23.8 Å². The van der Waals surface area contributed by atoms with Gasteiger partial charge in [-0.3, -0.25) is 14.9 Å². The molecule has 16 heavy (non-hydrogen) atoms. The molecule has 0 spiro atoms. The number of nitrogens with zero attached hydrogens (tertiary/aromatic N) is 1. The number of aliphatic hydroxyl groups is 1. The zero-order valence-electron chi connectivity index (χ0n) is 8.72. The number of halogens is 1. The van der Waals surface area contributed by atoms with Gasteiger partial charge < -0.3 is 14.7 Å². The highest BCUT2D eigenvalue weighted by atomic mass is 19.1. The van der Waals surface area contributed by atoms with Gasteiger partial charge in [0, 0.05) is 19.7 Å². The number of carbonyl (C=O) groups excluding carboxylic acids is 2. The molecular weight excluding hydrogens is 219 g/mol. The molecule has 1 fully saturated rings. The molecule has 2 N–H and O–H groups in total. The third kappa shape index (κ3) is 3.28. The molecule has 0 aliphatic carbocycles. The molecule has 90 valence electrons. The van der Waals surface area contributed by atoms with Gasteiger partial charge in [0.15, 0.2) is 0 Å². The largest absolute Gasteiger partial charge is 0.391 e. The molecule has 1 aliphatic heterocycles. The third-order valence-corrected chi connectivity index (χ3v) is 2.13. The van der Waals surface area contributed by atoms with Gasteiger partial charge in [0.05, 0.1) is 12.7 Å². The third-order valence-electron chi connectivity index (χ3n) is 2.13. The normalized spacial score (nSPS) is 25.3. The number of hydrogen-bond acceptors (Lipinski definition) is 5. The predicted octanol–water partition coefficient (Wildman–Crippen LogP) is -0.891. The van der Waals surface area contributed by atoms with Crippen molar-refractivity contribution in [1.29, 1.82) is 0 Å². The van der Waals surface area contributed by atoms with Gasteiger partial charge >= 0.3 is 0 Å². The van der Waals surface area contributed by atoms with E-state index in [0.717, 1.165) is 6.20 Å². The summed E-state index contributed by atoms with van der Waals surface area (Å²) >= 11 is 0. The van der Waals surface area contributed by atoms with E-state index in [9.17, 15) is 19.1 Å². The van der Waals surface area contributed by atoms with Crippen molar-refractivity contribution in [3.05, 3.63) is 12.0 Å². The first-order valence-electron chi connectivity index (χ1n) is 4.68. The van der Waals surface area contributed by atoms with Gasteiger partial charge in [-0.05, 0) is 0 Å². The summed E-state index contributed by atoms with van der Waals surface area (Å²) < 4.78 is 18.2. The Balaban J connectivity index is 2.54. The van der Waals surface area contributed by atoms with Gasteiger partial charge in [-0.25, -0.2) is 0 Å². The maximum atomic E-state index is 13.1. The first kappa shape index (κ1) is 12.6. The van der Waals surface area contributed by atoms with Crippen LogP contribution in [-0.2, 0) is 14.3 Å². The number of carbonyl (C=O) groups is 2. The summed E-state index contributed by atoms with van der Waals surface area (Å²) in [4.78, 5) is 22.1. The second kappa shape index (κ2) is 5.57. The summed E-state index contributed by atoms with van der Waals surface area (Å²) in [5.74, 6) is -2.21. The average Bonchev–Trinajstić information content (AvgIpc) is 2.65. The van der Waals surface area contributed by atoms with Crippen LogP contribution in [-0.4, -0.2) is 48.3 Å². The molecule has 0 bridgehead atoms. The maximum Gasteiger partial charge on any atom is 0.287 e. The van der Waals surface area contributed by atoms with Crippen LogP contribution in [0.15, 0.2) is 12.0 Å². The molecule has 0 aromatic heterocycles. The smallest absolute Gasteiger partial charge is 0.287 e. The van der Waals surface area contributed by atoms with E-state index in [0.29, 0.717) is 6.42 Å². The van der Waals surface area contributed by atoms with Crippen LogP contribution in [0, 0.1) is 0 Å². The van der Waals surface area contributed by atoms with Crippen molar-refractivity contribution in [2.75, 3.05) is 13.7 Å². The Hall–Kier alpha value is -1.47. The lowest BCUT2D eigenvalue weighted by atomic mass is 10.3. The lowest BCUT2D eigenvalue weighted by Crippen LogP contribution is -2.29. The van der Waals surface area contributed by atoms with E-state index in [4.69, 9.17) is 4.74 Å². The highest BCUT2D eigenvalue weighted by molar-refractivity contribution is 5.97. The number of hydrogen-bond donors (Lipinski definition) is 2. The van der Waals surface area contributed by atoms with E-state index < -0.39 is 24.1 Å². The average molecular weight is 232 g/mol. The van der Waals surface area contributed by atoms with Crippen LogP contribution in [0.2, 0.25) is 0 Å². The summed E-state index contributed by atoms with van der Waals surface area (Å²) in [6, 6.07) is 0. The quantitative estimate of drug-likeness (QED) is 0.485. The standard InChI is InChI=1S/C9H13FN2O4/c1-12(8-2-6(14)4-16-8)3-7(10)9(15)11-5-13/h3,5-6,8,14H,2,4H2,1H3,(H,11,13,15)/b7-3+/t6?,8-/m1/s1. The van der Waals surface area contributed by atoms with E-state index in [-0.39, 0.29) is 13.0 Å². The van der Waals surface area contributed by atoms with E-state index in [1.165, 1.54) is 11.9 Å². The first-order valence-corrected chi connectivity index (χ1v) is 4.68. The minimum atomic E-state index is -1.11. The Morgan fingerprint density at radius 2 is 2.38 bits per heavy atom. The molecule has 0 aromatic carbocycles. The van der Waals surface area contributed by atoms with E-state index in [2.05, 4.69) is 0 Å². The van der Waals surface area contributed by atoms with Crippen LogP contribution >= 0.6 is 0 Å². The van der Waals surface area contributed by atoms with Crippen LogP contribution in [0.4, 0.5) is 4.39 Å². The molecule has 1 heterocycles. The Morgan fingerprint density at radius 1 is 1.69 bits per heavy atom. The maximum absolute atomic E-state index is 13.1. The zero-order valence-corrected chi connectivity index (χ0v) is 8.72. The molecule has 1 rings (SSSR count). The highest BCUT2D eigenvalue weighted by Crippen LogP contribution is 2.17. The van der Waals surface area contributed by atoms with Crippen LogP contribution < -0.4 is 5.32 Å². The molecule has 0 radical (unpaired) electrons. The second-order valence-corrected chi connectivity index (χ2v) is 3.41. The molecule has 1 saturated heterocycles. The minimum Gasteiger partial charge on any atom is -0.391 e. The summed E-state index contributed by atoms with van der Waals surface area (Å²) in [5, 5.41) is 10.9. The van der Waals surface area contributed by atoms with Crippen LogP contribution in [0.1, 0.15) is 6.42 Å². The molecule has 2 amide bonds. The molecule has 0 aromatic rings. The SMILES string of the molecule is CN(/C=C(/F)C(=O)NC=O)[C@H]1CC(O)CO1. The summed E-state index contributed by atoms with van der Waals surface area (Å²) in [6.45, 7) is 0.186. The number of imide groups is 1. The van der Waals surface area contributed by atoms with Crippen LogP contribution in [0.3, 0.4) is 0 Å². The highest BCUT2D eigenvalue weighted by Gasteiger charge is 2.26. The monoisotopic (exact) mass is 232 g/mol. The first-order chi connectivity index (χ1) is 7.54. The van der Waals surface area contributed by atoms with E-state index >= 15 is 0 Å². The molecule has 1 unspecified atom stereocenters. The summed E-state index contributed by atoms with van der Waals surface area (Å²) in [5.41, 5.74) is 0. The van der Waals surface area contributed by atoms with Crippen LogP contribution in [0.25, 0.3) is 0 Å². The Labute approximate surface area is 91.7 Å². The van der Waals surface area contributed by atoms with Gasteiger partial charge in [0.2, 0.25) is 12.2 Å². The fourth-order valence-corrected chi connectivity index (χ4v) is 1.32. The van der Waals surface area contributed by atoms with Crippen molar-refractivity contribution in [2.45, 2.75) is 18.8 Å². The molecule has 6 nitrogen and oxygen atoms in total. The number of ether oxygens (including phenoxy) is 1. The number of nitrogens with one attached hydrogen (secondary N) is 1. The lowest BCUT2D eigenvalue weighted by Gasteiger charge is -2.21. The van der Waals surface area contributed by atoms with Gasteiger partial charge in [-0.15, -0.1) is 0 Å². The minimum absolute atomic E-state index is 0.103. The summed E-state index contributed by atoms with van der Waals surface area (Å²) in [6.07, 6.45) is 0.320. The van der Waals surface area contributed by atoms with Gasteiger partial charge in [0.25, 0.3) is 5.91 Å². The van der Waals surface area contributed by atoms with Gasteiger partial charge in [-0.1, -0.05) is 0 Å². The van der Waals surface area contributed by atoms with Gasteiger partial charge in [-0.2, -0.15) is 4.39 Å². The number of aliphatic hydroxyl groups excluding tert-OH is 1. The summed E-state index contributed by atoms with van der Waals surface area (Å²) in [7, 11) is 1.51. The molecule has 2 atom stereocenters. The van der Waals surface area contributed by atoms with Crippen molar-refractivity contribution in [2.24, 2.45) is 0 Å². The van der Waals surface area contributed by atoms with E-state index in [1.54, 1.807) is 5.32 Å². The van der Waals surface area contributed by atoms with Crippen molar-refractivity contribution >= 4 is 12.3 Å². The van der Waals surface area contributed by atoms with Crippen molar-refractivity contribution in [3.8, 4) is 0 Å². The molecule has 0 saturated carbocycles. The van der Waals surface area contributed by atoms with Crippen molar-refractivity contribution in [3.63, 3.8) is 0 Å². The second-order valence-electron chi connectivity index (χ2n) is 3.41. The fraction of sp³-hybridized carbons (Fsp3) is 0.556. The fourth-order valence-electron chi connectivity index (χ4n) is 1.32.